The molecule has 3 rings (SSSR count). The normalized spacial score (nSPS) is 16.0. The van der Waals surface area contributed by atoms with Gasteiger partial charge in [0.15, 0.2) is 0 Å². The van der Waals surface area contributed by atoms with Crippen LogP contribution in [0.15, 0.2) is 30.3 Å². The van der Waals surface area contributed by atoms with E-state index >= 15 is 0 Å². The van der Waals surface area contributed by atoms with Crippen LogP contribution < -0.4 is 5.32 Å². The predicted octanol–water partition coefficient (Wildman–Crippen LogP) is 2.04. The van der Waals surface area contributed by atoms with Crippen molar-refractivity contribution in [2.24, 2.45) is 5.92 Å². The summed E-state index contributed by atoms with van der Waals surface area (Å²) >= 11 is 0. The number of amides is 1. The fourth-order valence-electron chi connectivity index (χ4n) is 3.56. The van der Waals surface area contributed by atoms with Gasteiger partial charge in [-0.05, 0) is 54.8 Å². The quantitative estimate of drug-likeness (QED) is 0.780. The standard InChI is InChI=1S/C19H28N6O.ClH/c1-3-20-14-17-9-11-24(12-10-17)19(26)18(25-15(2)21-22-23-25)13-16-7-5-4-6-8-16;/h4-8,17-18,20H,3,9-14H2,1-2H3;1H. The van der Waals surface area contributed by atoms with Crippen LogP contribution in [0.5, 0.6) is 0 Å². The van der Waals surface area contributed by atoms with E-state index in [4.69, 9.17) is 0 Å². The van der Waals surface area contributed by atoms with Crippen LogP contribution in [0.2, 0.25) is 0 Å². The Bertz CT molecular complexity index is 699. The zero-order chi connectivity index (χ0) is 18.4. The molecule has 148 valence electrons. The summed E-state index contributed by atoms with van der Waals surface area (Å²) in [7, 11) is 0. The summed E-state index contributed by atoms with van der Waals surface area (Å²) in [5, 5.41) is 15.2. The summed E-state index contributed by atoms with van der Waals surface area (Å²) in [6.07, 6.45) is 2.69. The second-order valence-corrected chi connectivity index (χ2v) is 6.95. The molecule has 0 spiro atoms. The molecule has 1 aromatic carbocycles. The molecule has 0 aliphatic carbocycles. The average molecular weight is 393 g/mol. The molecule has 27 heavy (non-hydrogen) atoms. The topological polar surface area (TPSA) is 75.9 Å². The number of piperidine rings is 1. The van der Waals surface area contributed by atoms with Crippen molar-refractivity contribution >= 4 is 18.3 Å². The Morgan fingerprint density at radius 2 is 1.96 bits per heavy atom. The third-order valence-corrected chi connectivity index (χ3v) is 5.12. The third-order valence-electron chi connectivity index (χ3n) is 5.12. The van der Waals surface area contributed by atoms with Gasteiger partial charge >= 0.3 is 0 Å². The van der Waals surface area contributed by atoms with E-state index in [1.807, 2.05) is 42.2 Å². The van der Waals surface area contributed by atoms with Gasteiger partial charge in [-0.1, -0.05) is 37.3 Å². The number of carbonyl (C=O) groups is 1. The molecule has 1 fully saturated rings. The van der Waals surface area contributed by atoms with E-state index in [9.17, 15) is 4.79 Å². The number of benzene rings is 1. The lowest BCUT2D eigenvalue weighted by Crippen LogP contribution is -2.44. The zero-order valence-corrected chi connectivity index (χ0v) is 16.9. The van der Waals surface area contributed by atoms with E-state index in [1.165, 1.54) is 0 Å². The largest absolute Gasteiger partial charge is 0.341 e. The highest BCUT2D eigenvalue weighted by Gasteiger charge is 2.31. The molecule has 7 nitrogen and oxygen atoms in total. The minimum Gasteiger partial charge on any atom is -0.341 e. The lowest BCUT2D eigenvalue weighted by molar-refractivity contribution is -0.136. The van der Waals surface area contributed by atoms with Crippen LogP contribution in [0.3, 0.4) is 0 Å². The summed E-state index contributed by atoms with van der Waals surface area (Å²) in [5.74, 6) is 1.44. The summed E-state index contributed by atoms with van der Waals surface area (Å²) in [6, 6.07) is 9.67. The fourth-order valence-corrected chi connectivity index (χ4v) is 3.56. The minimum atomic E-state index is -0.391. The van der Waals surface area contributed by atoms with E-state index in [0.717, 1.165) is 44.6 Å². The van der Waals surface area contributed by atoms with Crippen molar-refractivity contribution in [2.75, 3.05) is 26.2 Å². The van der Waals surface area contributed by atoms with Gasteiger partial charge in [0.25, 0.3) is 0 Å². The number of hydrogen-bond donors (Lipinski definition) is 1. The second kappa shape index (κ2) is 10.4. The maximum atomic E-state index is 13.3. The van der Waals surface area contributed by atoms with Crippen molar-refractivity contribution < 1.29 is 4.79 Å². The molecule has 1 amide bonds. The van der Waals surface area contributed by atoms with Crippen LogP contribution in [0.1, 0.15) is 37.2 Å². The van der Waals surface area contributed by atoms with E-state index in [-0.39, 0.29) is 18.3 Å². The molecule has 2 aromatic rings. The van der Waals surface area contributed by atoms with Gasteiger partial charge in [-0.2, -0.15) is 0 Å². The summed E-state index contributed by atoms with van der Waals surface area (Å²) in [6.45, 7) is 7.62. The third kappa shape index (κ3) is 5.49. The fraction of sp³-hybridized carbons (Fsp3) is 0.579. The molecule has 1 aliphatic heterocycles. The molecule has 0 saturated carbocycles. The molecule has 8 heteroatoms. The van der Waals surface area contributed by atoms with E-state index in [2.05, 4.69) is 27.8 Å². The van der Waals surface area contributed by atoms with Crippen molar-refractivity contribution in [2.45, 2.75) is 39.2 Å². The van der Waals surface area contributed by atoms with Gasteiger partial charge < -0.3 is 10.2 Å². The lowest BCUT2D eigenvalue weighted by Gasteiger charge is -2.34. The van der Waals surface area contributed by atoms with Crippen LogP contribution in [-0.2, 0) is 11.2 Å². The Morgan fingerprint density at radius 1 is 1.26 bits per heavy atom. The highest BCUT2D eigenvalue weighted by molar-refractivity contribution is 5.85. The number of hydrogen-bond acceptors (Lipinski definition) is 5. The van der Waals surface area contributed by atoms with Gasteiger partial charge in [0.1, 0.15) is 11.9 Å². The second-order valence-electron chi connectivity index (χ2n) is 6.95. The molecule has 1 aromatic heterocycles. The molecule has 1 saturated heterocycles. The molecular weight excluding hydrogens is 364 g/mol. The highest BCUT2D eigenvalue weighted by Crippen LogP contribution is 2.22. The van der Waals surface area contributed by atoms with E-state index in [0.29, 0.717) is 18.2 Å². The van der Waals surface area contributed by atoms with Crippen LogP contribution in [0.25, 0.3) is 0 Å². The molecular formula is C19H29ClN6O. The first-order chi connectivity index (χ1) is 12.7. The SMILES string of the molecule is CCNCC1CCN(C(=O)C(Cc2ccccc2)n2nnnc2C)CC1.Cl. The maximum Gasteiger partial charge on any atom is 0.247 e. The lowest BCUT2D eigenvalue weighted by atomic mass is 9.95. The minimum absolute atomic E-state index is 0. The molecule has 1 N–H and O–H groups in total. The Kier molecular flexibility index (Phi) is 8.19. The van der Waals surface area contributed by atoms with E-state index in [1.54, 1.807) is 4.68 Å². The number of tetrazole rings is 1. The molecule has 1 unspecified atom stereocenters. The zero-order valence-electron chi connectivity index (χ0n) is 16.0. The number of nitrogens with zero attached hydrogens (tertiary/aromatic N) is 5. The number of likely N-dealkylation sites (tertiary alicyclic amines) is 1. The van der Waals surface area contributed by atoms with E-state index < -0.39 is 6.04 Å². The van der Waals surface area contributed by atoms with Crippen LogP contribution in [0.4, 0.5) is 0 Å². The Labute approximate surface area is 166 Å². The number of rotatable bonds is 7. The number of nitrogens with one attached hydrogen (secondary N) is 1. The maximum absolute atomic E-state index is 13.3. The first-order valence-electron chi connectivity index (χ1n) is 9.47. The van der Waals surface area contributed by atoms with Crippen LogP contribution in [0, 0.1) is 12.8 Å². The summed E-state index contributed by atoms with van der Waals surface area (Å²) < 4.78 is 1.67. The van der Waals surface area contributed by atoms with Gasteiger partial charge in [-0.3, -0.25) is 4.79 Å². The average Bonchev–Trinajstić information content (AvgIpc) is 3.11. The molecule has 1 aliphatic rings. The number of aromatic nitrogens is 4. The van der Waals surface area contributed by atoms with Crippen molar-refractivity contribution in [1.82, 2.24) is 30.4 Å². The number of halogens is 1. The Morgan fingerprint density at radius 3 is 2.56 bits per heavy atom. The Hall–Kier alpha value is -1.99. The van der Waals surface area contributed by atoms with Gasteiger partial charge in [0.05, 0.1) is 0 Å². The van der Waals surface area contributed by atoms with Gasteiger partial charge in [0, 0.05) is 19.5 Å². The smallest absolute Gasteiger partial charge is 0.247 e. The summed E-state index contributed by atoms with van der Waals surface area (Å²) in [4.78, 5) is 15.3. The van der Waals surface area contributed by atoms with Crippen molar-refractivity contribution in [3.63, 3.8) is 0 Å². The number of carbonyl (C=O) groups excluding carboxylic acids is 1. The molecule has 1 atom stereocenters. The molecule has 2 heterocycles. The molecule has 0 radical (unpaired) electrons. The number of aryl methyl sites for hydroxylation is 1. The highest BCUT2D eigenvalue weighted by atomic mass is 35.5. The first kappa shape index (κ1) is 21.3. The summed E-state index contributed by atoms with van der Waals surface area (Å²) in [5.41, 5.74) is 1.11. The molecule has 0 bridgehead atoms. The monoisotopic (exact) mass is 392 g/mol. The Balaban J connectivity index is 0.00000261. The van der Waals surface area contributed by atoms with Gasteiger partial charge in [-0.15, -0.1) is 17.5 Å². The first-order valence-corrected chi connectivity index (χ1v) is 9.47. The van der Waals surface area contributed by atoms with Gasteiger partial charge in [0.2, 0.25) is 5.91 Å². The van der Waals surface area contributed by atoms with Crippen molar-refractivity contribution in [1.29, 1.82) is 0 Å². The van der Waals surface area contributed by atoms with Gasteiger partial charge in [-0.25, -0.2) is 4.68 Å². The van der Waals surface area contributed by atoms with Crippen molar-refractivity contribution in [3.8, 4) is 0 Å². The van der Waals surface area contributed by atoms with Crippen LogP contribution >= 0.6 is 12.4 Å². The van der Waals surface area contributed by atoms with Crippen LogP contribution in [-0.4, -0.2) is 57.2 Å². The van der Waals surface area contributed by atoms with Crippen molar-refractivity contribution in [3.05, 3.63) is 41.7 Å². The predicted molar refractivity (Wildman–Crippen MR) is 107 cm³/mol.